The maximum absolute atomic E-state index is 12.1. The van der Waals surface area contributed by atoms with Gasteiger partial charge in [0.25, 0.3) is 5.91 Å². The van der Waals surface area contributed by atoms with E-state index in [1.54, 1.807) is 38.5 Å². The number of amides is 1. The molecule has 1 aliphatic rings. The van der Waals surface area contributed by atoms with Crippen LogP contribution in [0.1, 0.15) is 23.2 Å². The molecule has 0 radical (unpaired) electrons. The van der Waals surface area contributed by atoms with E-state index in [0.29, 0.717) is 34.5 Å². The van der Waals surface area contributed by atoms with Crippen LogP contribution in [-0.2, 0) is 0 Å². The summed E-state index contributed by atoms with van der Waals surface area (Å²) in [7, 11) is 3.19. The highest BCUT2D eigenvalue weighted by molar-refractivity contribution is 5.96. The van der Waals surface area contributed by atoms with Crippen molar-refractivity contribution in [3.8, 4) is 11.5 Å². The molecule has 4 N–H and O–H groups in total. The first-order valence-corrected chi connectivity index (χ1v) is 7.80. The zero-order valence-electron chi connectivity index (χ0n) is 13.8. The van der Waals surface area contributed by atoms with Crippen molar-refractivity contribution in [2.45, 2.75) is 18.9 Å². The molecule has 2 aromatic rings. The van der Waals surface area contributed by atoms with Gasteiger partial charge < -0.3 is 25.8 Å². The van der Waals surface area contributed by atoms with Gasteiger partial charge in [-0.15, -0.1) is 0 Å². The van der Waals surface area contributed by atoms with Crippen LogP contribution in [0.4, 0.5) is 17.1 Å². The van der Waals surface area contributed by atoms with Crippen LogP contribution in [0.2, 0.25) is 0 Å². The first-order chi connectivity index (χ1) is 11.6. The van der Waals surface area contributed by atoms with Gasteiger partial charge in [0.05, 0.1) is 31.3 Å². The molecule has 0 unspecified atom stereocenters. The molecule has 0 heterocycles. The molecule has 0 aliphatic heterocycles. The number of hydrogen-bond donors (Lipinski definition) is 3. The third-order valence-corrected chi connectivity index (χ3v) is 3.90. The molecule has 1 saturated carbocycles. The summed E-state index contributed by atoms with van der Waals surface area (Å²) in [5.41, 5.74) is 8.63. The Kier molecular flexibility index (Phi) is 4.46. The smallest absolute Gasteiger partial charge is 0.251 e. The standard InChI is InChI=1S/C18H21N3O3/c1-23-13-6-8-16(17(10-13)24-2)21-15-7-3-11(9-14(15)19)18(22)20-12-4-5-12/h3,6-10,12,21H,4-5,19H2,1-2H3,(H,20,22). The first kappa shape index (κ1) is 16.0. The average molecular weight is 327 g/mol. The van der Waals surface area contributed by atoms with E-state index in [2.05, 4.69) is 10.6 Å². The summed E-state index contributed by atoms with van der Waals surface area (Å²) in [4.78, 5) is 12.1. The fraction of sp³-hybridized carbons (Fsp3) is 0.278. The number of nitrogens with one attached hydrogen (secondary N) is 2. The van der Waals surface area contributed by atoms with Crippen molar-refractivity contribution in [3.05, 3.63) is 42.0 Å². The number of methoxy groups -OCH3 is 2. The summed E-state index contributed by atoms with van der Waals surface area (Å²) in [5, 5.41) is 6.17. The molecule has 2 aromatic carbocycles. The number of ether oxygens (including phenoxy) is 2. The number of benzene rings is 2. The number of nitrogen functional groups attached to an aromatic ring is 1. The molecule has 126 valence electrons. The van der Waals surface area contributed by atoms with Gasteiger partial charge in [0.1, 0.15) is 11.5 Å². The highest BCUT2D eigenvalue weighted by atomic mass is 16.5. The SMILES string of the molecule is COc1ccc(Nc2ccc(C(=O)NC3CC3)cc2N)c(OC)c1. The normalized spacial score (nSPS) is 13.2. The van der Waals surface area contributed by atoms with Crippen LogP contribution >= 0.6 is 0 Å². The monoisotopic (exact) mass is 327 g/mol. The van der Waals surface area contributed by atoms with E-state index in [1.807, 2.05) is 12.1 Å². The average Bonchev–Trinajstić information content (AvgIpc) is 3.40. The minimum atomic E-state index is -0.0854. The highest BCUT2D eigenvalue weighted by Crippen LogP contribution is 2.33. The van der Waals surface area contributed by atoms with Crippen molar-refractivity contribution in [1.82, 2.24) is 5.32 Å². The summed E-state index contributed by atoms with van der Waals surface area (Å²) in [6.07, 6.45) is 2.11. The number of hydrogen-bond acceptors (Lipinski definition) is 5. The third-order valence-electron chi connectivity index (χ3n) is 3.90. The van der Waals surface area contributed by atoms with Crippen molar-refractivity contribution in [1.29, 1.82) is 0 Å². The maximum Gasteiger partial charge on any atom is 0.251 e. The van der Waals surface area contributed by atoms with Crippen LogP contribution in [-0.4, -0.2) is 26.2 Å². The van der Waals surface area contributed by atoms with E-state index in [-0.39, 0.29) is 5.91 Å². The van der Waals surface area contributed by atoms with Crippen molar-refractivity contribution in [3.63, 3.8) is 0 Å². The molecule has 0 aromatic heterocycles. The van der Waals surface area contributed by atoms with E-state index < -0.39 is 0 Å². The first-order valence-electron chi connectivity index (χ1n) is 7.80. The third kappa shape index (κ3) is 3.53. The Morgan fingerprint density at radius 2 is 1.83 bits per heavy atom. The van der Waals surface area contributed by atoms with Gasteiger partial charge in [0.15, 0.2) is 0 Å². The molecule has 1 aliphatic carbocycles. The molecule has 3 rings (SSSR count). The molecule has 0 atom stereocenters. The lowest BCUT2D eigenvalue weighted by molar-refractivity contribution is 0.0951. The van der Waals surface area contributed by atoms with E-state index in [9.17, 15) is 4.79 Å². The van der Waals surface area contributed by atoms with Crippen LogP contribution in [0.3, 0.4) is 0 Å². The van der Waals surface area contributed by atoms with Crippen molar-refractivity contribution >= 4 is 23.0 Å². The summed E-state index contributed by atoms with van der Waals surface area (Å²) >= 11 is 0. The molecule has 24 heavy (non-hydrogen) atoms. The second-order valence-electron chi connectivity index (χ2n) is 5.74. The Balaban J connectivity index is 1.78. The van der Waals surface area contributed by atoms with Gasteiger partial charge in [-0.05, 0) is 43.2 Å². The van der Waals surface area contributed by atoms with E-state index in [1.165, 1.54) is 0 Å². The number of nitrogens with two attached hydrogens (primary N) is 1. The van der Waals surface area contributed by atoms with E-state index in [0.717, 1.165) is 18.5 Å². The number of carbonyl (C=O) groups is 1. The largest absolute Gasteiger partial charge is 0.497 e. The van der Waals surface area contributed by atoms with Crippen LogP contribution in [0.15, 0.2) is 36.4 Å². The number of carbonyl (C=O) groups excluding carboxylic acids is 1. The van der Waals surface area contributed by atoms with Gasteiger partial charge in [0.2, 0.25) is 0 Å². The molecule has 6 heteroatoms. The fourth-order valence-electron chi connectivity index (χ4n) is 2.36. The van der Waals surface area contributed by atoms with Gasteiger partial charge >= 0.3 is 0 Å². The molecule has 0 bridgehead atoms. The molecular weight excluding hydrogens is 306 g/mol. The van der Waals surface area contributed by atoms with Crippen LogP contribution < -0.4 is 25.8 Å². The quantitative estimate of drug-likeness (QED) is 0.710. The number of rotatable bonds is 6. The summed E-state index contributed by atoms with van der Waals surface area (Å²) < 4.78 is 10.6. The Hall–Kier alpha value is -2.89. The molecule has 0 saturated heterocycles. The lowest BCUT2D eigenvalue weighted by atomic mass is 10.1. The van der Waals surface area contributed by atoms with Crippen LogP contribution in [0.25, 0.3) is 0 Å². The summed E-state index contributed by atoms with van der Waals surface area (Å²) in [6, 6.07) is 11.0. The van der Waals surface area contributed by atoms with Crippen molar-refractivity contribution < 1.29 is 14.3 Å². The Morgan fingerprint density at radius 3 is 2.46 bits per heavy atom. The second-order valence-corrected chi connectivity index (χ2v) is 5.74. The van der Waals surface area contributed by atoms with Crippen LogP contribution in [0, 0.1) is 0 Å². The Morgan fingerprint density at radius 1 is 1.08 bits per heavy atom. The van der Waals surface area contributed by atoms with Gasteiger partial charge in [-0.2, -0.15) is 0 Å². The van der Waals surface area contributed by atoms with Crippen molar-refractivity contribution in [2.24, 2.45) is 0 Å². The van der Waals surface area contributed by atoms with E-state index in [4.69, 9.17) is 15.2 Å². The predicted molar refractivity (Wildman–Crippen MR) is 94.2 cm³/mol. The zero-order valence-corrected chi connectivity index (χ0v) is 13.8. The van der Waals surface area contributed by atoms with Gasteiger partial charge in [-0.25, -0.2) is 0 Å². The Bertz CT molecular complexity index is 757. The second kappa shape index (κ2) is 6.70. The molecule has 6 nitrogen and oxygen atoms in total. The van der Waals surface area contributed by atoms with Crippen molar-refractivity contribution in [2.75, 3.05) is 25.3 Å². The summed E-state index contributed by atoms with van der Waals surface area (Å²) in [5.74, 6) is 1.26. The van der Waals surface area contributed by atoms with Gasteiger partial charge in [-0.1, -0.05) is 0 Å². The lowest BCUT2D eigenvalue weighted by Gasteiger charge is -2.14. The number of anilines is 3. The molecular formula is C18H21N3O3. The van der Waals surface area contributed by atoms with Gasteiger partial charge in [-0.3, -0.25) is 4.79 Å². The molecule has 1 amide bonds. The highest BCUT2D eigenvalue weighted by Gasteiger charge is 2.24. The lowest BCUT2D eigenvalue weighted by Crippen LogP contribution is -2.25. The zero-order chi connectivity index (χ0) is 17.1. The predicted octanol–water partition coefficient (Wildman–Crippen LogP) is 2.92. The van der Waals surface area contributed by atoms with E-state index >= 15 is 0 Å². The summed E-state index contributed by atoms with van der Waals surface area (Å²) in [6.45, 7) is 0. The molecule has 0 spiro atoms. The molecule has 1 fully saturated rings. The Labute approximate surface area is 141 Å². The minimum Gasteiger partial charge on any atom is -0.497 e. The van der Waals surface area contributed by atoms with Crippen LogP contribution in [0.5, 0.6) is 11.5 Å². The minimum absolute atomic E-state index is 0.0854. The topological polar surface area (TPSA) is 85.6 Å². The fourth-order valence-corrected chi connectivity index (χ4v) is 2.36. The maximum atomic E-state index is 12.1. The van der Waals surface area contributed by atoms with Gasteiger partial charge in [0, 0.05) is 17.7 Å².